The Morgan fingerprint density at radius 2 is 1.81 bits per heavy atom. The average Bonchev–Trinajstić information content (AvgIpc) is 3.05. The molecular weight excluding hydrogens is 518 g/mol. The summed E-state index contributed by atoms with van der Waals surface area (Å²) < 4.78 is 0.375. The lowest BCUT2D eigenvalue weighted by Crippen LogP contribution is -2.51. The van der Waals surface area contributed by atoms with Gasteiger partial charge in [0.1, 0.15) is 12.3 Å². The van der Waals surface area contributed by atoms with Crippen LogP contribution >= 0.6 is 39.3 Å². The van der Waals surface area contributed by atoms with Crippen LogP contribution in [0.1, 0.15) is 5.56 Å². The summed E-state index contributed by atoms with van der Waals surface area (Å²) in [6, 6.07) is 13.0. The van der Waals surface area contributed by atoms with E-state index in [1.54, 1.807) is 4.90 Å². The number of anilines is 1. The number of carbonyl (C=O) groups excluding carboxylic acids is 3. The van der Waals surface area contributed by atoms with Crippen LogP contribution in [0.5, 0.6) is 5.75 Å². The maximum Gasteiger partial charge on any atom is 0.294 e. The number of nitrogens with zero attached hydrogens (tertiary/aromatic N) is 3. The molecule has 0 radical (unpaired) electrons. The molecule has 166 valence electrons. The summed E-state index contributed by atoms with van der Waals surface area (Å²) >= 11 is 9.94. The number of hydrogen-bond acceptors (Lipinski definition) is 6. The highest BCUT2D eigenvalue weighted by Crippen LogP contribution is 2.37. The van der Waals surface area contributed by atoms with Gasteiger partial charge in [0.2, 0.25) is 5.91 Å². The van der Waals surface area contributed by atoms with E-state index in [2.05, 4.69) is 20.8 Å². The van der Waals surface area contributed by atoms with Crippen molar-refractivity contribution in [3.8, 4) is 5.75 Å². The number of benzene rings is 2. The van der Waals surface area contributed by atoms with E-state index in [4.69, 9.17) is 11.6 Å². The molecule has 2 heterocycles. The monoisotopic (exact) mass is 535 g/mol. The van der Waals surface area contributed by atoms with E-state index in [1.807, 2.05) is 30.3 Å². The minimum absolute atomic E-state index is 0.0893. The zero-order chi connectivity index (χ0) is 22.8. The topological polar surface area (TPSA) is 81.2 Å². The maximum absolute atomic E-state index is 12.8. The van der Waals surface area contributed by atoms with Gasteiger partial charge in [-0.25, -0.2) is 0 Å². The smallest absolute Gasteiger partial charge is 0.294 e. The standard InChI is InChI=1S/C22H19BrClN3O4S/c23-17-12-15(24)10-14(20(17)29)11-18-21(30)27(22(31)32-18)13-19(28)26-8-6-25(7-9-26)16-4-2-1-3-5-16/h1-5,10-12,29H,6-9,13H2/b18-11+. The molecule has 0 spiro atoms. The normalized spacial score (nSPS) is 18.1. The van der Waals surface area contributed by atoms with Crippen LogP contribution in [-0.4, -0.2) is 64.7 Å². The first-order chi connectivity index (χ1) is 15.3. The number of aromatic hydroxyl groups is 1. The first-order valence-electron chi connectivity index (χ1n) is 9.84. The molecule has 2 aliphatic rings. The van der Waals surface area contributed by atoms with Gasteiger partial charge in [0, 0.05) is 42.5 Å². The highest BCUT2D eigenvalue weighted by molar-refractivity contribution is 9.10. The van der Waals surface area contributed by atoms with Crippen LogP contribution in [0.2, 0.25) is 5.02 Å². The summed E-state index contributed by atoms with van der Waals surface area (Å²) in [5.74, 6) is -0.921. The molecule has 7 nitrogen and oxygen atoms in total. The molecule has 2 aliphatic heterocycles. The van der Waals surface area contributed by atoms with E-state index in [-0.39, 0.29) is 23.1 Å². The highest BCUT2D eigenvalue weighted by atomic mass is 79.9. The van der Waals surface area contributed by atoms with E-state index >= 15 is 0 Å². The molecule has 1 N–H and O–H groups in total. The number of para-hydroxylation sites is 1. The second kappa shape index (κ2) is 9.56. The second-order valence-electron chi connectivity index (χ2n) is 7.30. The summed E-state index contributed by atoms with van der Waals surface area (Å²) in [4.78, 5) is 42.9. The fourth-order valence-electron chi connectivity index (χ4n) is 3.56. The zero-order valence-electron chi connectivity index (χ0n) is 16.8. The van der Waals surface area contributed by atoms with Gasteiger partial charge in [0.05, 0.1) is 9.38 Å². The summed E-state index contributed by atoms with van der Waals surface area (Å²) in [6.45, 7) is 2.09. The molecule has 0 aliphatic carbocycles. The number of phenolic OH excluding ortho intramolecular Hbond substituents is 1. The Morgan fingerprint density at radius 1 is 1.12 bits per heavy atom. The molecule has 3 amide bonds. The van der Waals surface area contributed by atoms with Gasteiger partial charge in [0.15, 0.2) is 0 Å². The predicted octanol–water partition coefficient (Wildman–Crippen LogP) is 4.19. The zero-order valence-corrected chi connectivity index (χ0v) is 20.0. The lowest BCUT2D eigenvalue weighted by molar-refractivity contribution is -0.136. The van der Waals surface area contributed by atoms with Crippen molar-refractivity contribution in [1.82, 2.24) is 9.80 Å². The summed E-state index contributed by atoms with van der Waals surface area (Å²) in [5.41, 5.74) is 1.41. The van der Waals surface area contributed by atoms with Crippen LogP contribution in [0.25, 0.3) is 6.08 Å². The molecule has 0 saturated carbocycles. The number of phenols is 1. The average molecular weight is 537 g/mol. The van der Waals surface area contributed by atoms with Crippen molar-refractivity contribution >= 4 is 68.1 Å². The predicted molar refractivity (Wildman–Crippen MR) is 129 cm³/mol. The number of amides is 3. The molecule has 2 fully saturated rings. The lowest BCUT2D eigenvalue weighted by Gasteiger charge is -2.36. The number of halogens is 2. The maximum atomic E-state index is 12.8. The molecule has 0 unspecified atom stereocenters. The van der Waals surface area contributed by atoms with Gasteiger partial charge >= 0.3 is 0 Å². The Hall–Kier alpha value is -2.49. The fraction of sp³-hybridized carbons (Fsp3) is 0.227. The molecular formula is C22H19BrClN3O4S. The van der Waals surface area contributed by atoms with Crippen LogP contribution in [0.15, 0.2) is 51.8 Å². The van der Waals surface area contributed by atoms with Crippen molar-refractivity contribution in [2.24, 2.45) is 0 Å². The van der Waals surface area contributed by atoms with Crippen molar-refractivity contribution in [2.45, 2.75) is 0 Å². The number of carbonyl (C=O) groups is 3. The number of piperazine rings is 1. The van der Waals surface area contributed by atoms with E-state index in [0.717, 1.165) is 22.3 Å². The molecule has 2 aromatic carbocycles. The molecule has 2 aromatic rings. The van der Waals surface area contributed by atoms with Crippen LogP contribution in [0.3, 0.4) is 0 Å². The van der Waals surface area contributed by atoms with Crippen LogP contribution in [-0.2, 0) is 9.59 Å². The van der Waals surface area contributed by atoms with Crippen molar-refractivity contribution in [3.05, 3.63) is 62.4 Å². The largest absolute Gasteiger partial charge is 0.506 e. The lowest BCUT2D eigenvalue weighted by atomic mass is 10.2. The van der Waals surface area contributed by atoms with Gasteiger partial charge in [-0.15, -0.1) is 0 Å². The summed E-state index contributed by atoms with van der Waals surface area (Å²) in [7, 11) is 0. The van der Waals surface area contributed by atoms with E-state index in [0.29, 0.717) is 41.2 Å². The molecule has 0 atom stereocenters. The van der Waals surface area contributed by atoms with E-state index < -0.39 is 11.1 Å². The number of imide groups is 1. The van der Waals surface area contributed by atoms with Crippen LogP contribution < -0.4 is 4.90 Å². The van der Waals surface area contributed by atoms with Gasteiger partial charge in [-0.3, -0.25) is 19.3 Å². The summed E-state index contributed by atoms with van der Waals surface area (Å²) in [5, 5.41) is 10.0. The van der Waals surface area contributed by atoms with Crippen molar-refractivity contribution in [3.63, 3.8) is 0 Å². The molecule has 0 bridgehead atoms. The molecule has 4 rings (SSSR count). The SMILES string of the molecule is O=C(CN1C(=O)S/C(=C/c2cc(Cl)cc(Br)c2O)C1=O)N1CCN(c2ccccc2)CC1. The van der Waals surface area contributed by atoms with Crippen molar-refractivity contribution in [2.75, 3.05) is 37.6 Å². The van der Waals surface area contributed by atoms with Crippen molar-refractivity contribution < 1.29 is 19.5 Å². The Bertz CT molecular complexity index is 1100. The Kier molecular flexibility index (Phi) is 6.78. The summed E-state index contributed by atoms with van der Waals surface area (Å²) in [6.07, 6.45) is 1.40. The third-order valence-electron chi connectivity index (χ3n) is 5.26. The minimum Gasteiger partial charge on any atom is -0.506 e. The van der Waals surface area contributed by atoms with E-state index in [9.17, 15) is 19.5 Å². The minimum atomic E-state index is -0.563. The Morgan fingerprint density at radius 3 is 2.50 bits per heavy atom. The number of hydrogen-bond donors (Lipinski definition) is 1. The third kappa shape index (κ3) is 4.79. The molecule has 10 heteroatoms. The van der Waals surface area contributed by atoms with Gasteiger partial charge in [-0.2, -0.15) is 0 Å². The Labute approximate surface area is 202 Å². The third-order valence-corrected chi connectivity index (χ3v) is 7.00. The number of rotatable bonds is 4. The van der Waals surface area contributed by atoms with Gasteiger partial charge in [0.25, 0.3) is 11.1 Å². The molecule has 0 aromatic heterocycles. The van der Waals surface area contributed by atoms with Gasteiger partial charge in [-0.1, -0.05) is 29.8 Å². The van der Waals surface area contributed by atoms with Crippen LogP contribution in [0.4, 0.5) is 10.5 Å². The van der Waals surface area contributed by atoms with Gasteiger partial charge in [-0.05, 0) is 58.0 Å². The first kappa shape index (κ1) is 22.7. The Balaban J connectivity index is 1.40. The quantitative estimate of drug-likeness (QED) is 0.590. The van der Waals surface area contributed by atoms with Gasteiger partial charge < -0.3 is 14.9 Å². The second-order valence-corrected chi connectivity index (χ2v) is 9.58. The van der Waals surface area contributed by atoms with E-state index in [1.165, 1.54) is 18.2 Å². The highest BCUT2D eigenvalue weighted by Gasteiger charge is 2.37. The first-order valence-corrected chi connectivity index (χ1v) is 11.8. The number of thioether (sulfide) groups is 1. The van der Waals surface area contributed by atoms with Crippen molar-refractivity contribution in [1.29, 1.82) is 0 Å². The molecule has 2 saturated heterocycles. The van der Waals surface area contributed by atoms with Crippen LogP contribution in [0, 0.1) is 0 Å². The fourth-order valence-corrected chi connectivity index (χ4v) is 5.22. The molecule has 32 heavy (non-hydrogen) atoms.